The summed E-state index contributed by atoms with van der Waals surface area (Å²) in [6.07, 6.45) is 2.15. The molecule has 0 aliphatic carbocycles. The molecule has 1 saturated heterocycles. The Morgan fingerprint density at radius 3 is 2.47 bits per heavy atom. The lowest BCUT2D eigenvalue weighted by atomic mass is 10.1. The van der Waals surface area contributed by atoms with E-state index in [1.165, 1.54) is 0 Å². The molecule has 19 heavy (non-hydrogen) atoms. The molecule has 1 aromatic rings. The van der Waals surface area contributed by atoms with Crippen molar-refractivity contribution in [1.82, 2.24) is 4.90 Å². The topological polar surface area (TPSA) is 29.5 Å². The van der Waals surface area contributed by atoms with Crippen molar-refractivity contribution in [2.24, 2.45) is 0 Å². The fourth-order valence-corrected chi connectivity index (χ4v) is 2.66. The zero-order valence-electron chi connectivity index (χ0n) is 10.6. The number of halogens is 2. The molecule has 1 heterocycles. The number of hydrogen-bond donors (Lipinski definition) is 0. The van der Waals surface area contributed by atoms with Crippen LogP contribution in [-0.2, 0) is 4.74 Å². The van der Waals surface area contributed by atoms with Gasteiger partial charge in [-0.05, 0) is 37.1 Å². The zero-order valence-corrected chi connectivity index (χ0v) is 13.8. The van der Waals surface area contributed by atoms with Crippen LogP contribution in [-0.4, -0.2) is 41.9 Å². The maximum Gasteiger partial charge on any atom is 0.253 e. The first-order chi connectivity index (χ1) is 9.20. The fraction of sp³-hybridized carbons (Fsp3) is 0.500. The van der Waals surface area contributed by atoms with Gasteiger partial charge in [-0.25, -0.2) is 0 Å². The second-order valence-corrected chi connectivity index (χ2v) is 6.27. The second-order valence-electron chi connectivity index (χ2n) is 4.56. The van der Waals surface area contributed by atoms with E-state index in [0.717, 1.165) is 47.9 Å². The number of alkyl halides is 1. The average Bonchev–Trinajstić information content (AvgIpc) is 2.46. The van der Waals surface area contributed by atoms with Gasteiger partial charge in [0.25, 0.3) is 5.91 Å². The van der Waals surface area contributed by atoms with Crippen LogP contribution in [0, 0.1) is 0 Å². The number of benzene rings is 1. The maximum absolute atomic E-state index is 12.3. The van der Waals surface area contributed by atoms with E-state index >= 15 is 0 Å². The molecule has 0 atom stereocenters. The molecule has 0 saturated carbocycles. The summed E-state index contributed by atoms with van der Waals surface area (Å²) in [6, 6.07) is 7.53. The van der Waals surface area contributed by atoms with Crippen LogP contribution in [0.2, 0.25) is 0 Å². The number of carbonyl (C=O) groups is 1. The van der Waals surface area contributed by atoms with Crippen LogP contribution in [0.15, 0.2) is 28.7 Å². The number of likely N-dealkylation sites (tertiary alicyclic amines) is 1. The number of rotatable bonds is 4. The summed E-state index contributed by atoms with van der Waals surface area (Å²) >= 11 is 6.73. The molecule has 0 N–H and O–H groups in total. The van der Waals surface area contributed by atoms with E-state index in [1.807, 2.05) is 29.2 Å². The van der Waals surface area contributed by atoms with Gasteiger partial charge in [-0.15, -0.1) is 0 Å². The van der Waals surface area contributed by atoms with Crippen molar-refractivity contribution in [3.05, 3.63) is 34.3 Å². The minimum Gasteiger partial charge on any atom is -0.377 e. The lowest BCUT2D eigenvalue weighted by molar-refractivity contribution is 0.0160. The summed E-state index contributed by atoms with van der Waals surface area (Å²) in [5.41, 5.74) is 0.753. The van der Waals surface area contributed by atoms with E-state index in [-0.39, 0.29) is 5.91 Å². The zero-order chi connectivity index (χ0) is 13.7. The highest BCUT2D eigenvalue weighted by atomic mass is 79.9. The van der Waals surface area contributed by atoms with Gasteiger partial charge in [0.05, 0.1) is 12.7 Å². The molecule has 0 radical (unpaired) electrons. The third kappa shape index (κ3) is 4.29. The van der Waals surface area contributed by atoms with Crippen molar-refractivity contribution in [2.45, 2.75) is 18.9 Å². The Morgan fingerprint density at radius 1 is 1.26 bits per heavy atom. The van der Waals surface area contributed by atoms with Crippen LogP contribution < -0.4 is 0 Å². The Kier molecular flexibility index (Phi) is 5.85. The Hall–Kier alpha value is -0.390. The Balaban J connectivity index is 1.87. The monoisotopic (exact) mass is 389 g/mol. The van der Waals surface area contributed by atoms with Gasteiger partial charge in [-0.2, -0.15) is 0 Å². The van der Waals surface area contributed by atoms with Gasteiger partial charge in [0, 0.05) is 28.5 Å². The number of hydrogen-bond acceptors (Lipinski definition) is 2. The lowest BCUT2D eigenvalue weighted by Gasteiger charge is -2.32. The summed E-state index contributed by atoms with van der Waals surface area (Å²) in [5, 5.41) is 0.866. The van der Waals surface area contributed by atoms with Crippen LogP contribution in [0.5, 0.6) is 0 Å². The largest absolute Gasteiger partial charge is 0.377 e. The molecule has 1 aromatic carbocycles. The molecule has 104 valence electrons. The molecule has 1 amide bonds. The van der Waals surface area contributed by atoms with E-state index in [2.05, 4.69) is 31.9 Å². The standard InChI is InChI=1S/C14H17Br2NO2/c15-7-10-19-13-5-8-17(9-6-13)14(18)11-1-3-12(16)4-2-11/h1-4,13H,5-10H2. The van der Waals surface area contributed by atoms with Gasteiger partial charge < -0.3 is 9.64 Å². The summed E-state index contributed by atoms with van der Waals surface area (Å²) in [4.78, 5) is 14.2. The van der Waals surface area contributed by atoms with Crippen LogP contribution in [0.25, 0.3) is 0 Å². The second kappa shape index (κ2) is 7.41. The lowest BCUT2D eigenvalue weighted by Crippen LogP contribution is -2.41. The van der Waals surface area contributed by atoms with Crippen molar-refractivity contribution >= 4 is 37.8 Å². The van der Waals surface area contributed by atoms with E-state index in [9.17, 15) is 4.79 Å². The smallest absolute Gasteiger partial charge is 0.253 e. The molecule has 1 fully saturated rings. The normalized spacial score (nSPS) is 16.6. The van der Waals surface area contributed by atoms with Crippen molar-refractivity contribution in [3.8, 4) is 0 Å². The highest BCUT2D eigenvalue weighted by Crippen LogP contribution is 2.18. The maximum atomic E-state index is 12.3. The molecule has 1 aliphatic rings. The number of nitrogens with zero attached hydrogens (tertiary/aromatic N) is 1. The summed E-state index contributed by atoms with van der Waals surface area (Å²) in [5.74, 6) is 0.117. The molecule has 0 bridgehead atoms. The van der Waals surface area contributed by atoms with Gasteiger partial charge in [-0.1, -0.05) is 31.9 Å². The third-order valence-electron chi connectivity index (χ3n) is 3.25. The van der Waals surface area contributed by atoms with Crippen LogP contribution in [0.3, 0.4) is 0 Å². The number of piperidine rings is 1. The third-order valence-corrected chi connectivity index (χ3v) is 4.10. The summed E-state index contributed by atoms with van der Waals surface area (Å²) in [7, 11) is 0. The van der Waals surface area contributed by atoms with Crippen LogP contribution >= 0.6 is 31.9 Å². The average molecular weight is 391 g/mol. The van der Waals surface area contributed by atoms with Crippen molar-refractivity contribution < 1.29 is 9.53 Å². The molecule has 1 aliphatic heterocycles. The van der Waals surface area contributed by atoms with E-state index in [1.54, 1.807) is 0 Å². The van der Waals surface area contributed by atoms with Gasteiger partial charge in [0.15, 0.2) is 0 Å². The van der Waals surface area contributed by atoms with Gasteiger partial charge in [-0.3, -0.25) is 4.79 Å². The SMILES string of the molecule is O=C(c1ccc(Br)cc1)N1CCC(OCCBr)CC1. The van der Waals surface area contributed by atoms with Gasteiger partial charge >= 0.3 is 0 Å². The highest BCUT2D eigenvalue weighted by Gasteiger charge is 2.23. The van der Waals surface area contributed by atoms with E-state index in [4.69, 9.17) is 4.74 Å². The quantitative estimate of drug-likeness (QED) is 0.736. The number of carbonyl (C=O) groups excluding carboxylic acids is 1. The van der Waals surface area contributed by atoms with E-state index in [0.29, 0.717) is 6.10 Å². The minimum absolute atomic E-state index is 0.117. The Bertz CT molecular complexity index is 414. The van der Waals surface area contributed by atoms with Gasteiger partial charge in [0.1, 0.15) is 0 Å². The Morgan fingerprint density at radius 2 is 1.89 bits per heavy atom. The fourth-order valence-electron chi connectivity index (χ4n) is 2.21. The minimum atomic E-state index is 0.117. The summed E-state index contributed by atoms with van der Waals surface area (Å²) in [6.45, 7) is 2.30. The first kappa shape index (κ1) is 15.0. The molecule has 0 aromatic heterocycles. The van der Waals surface area contributed by atoms with Crippen molar-refractivity contribution in [1.29, 1.82) is 0 Å². The number of amides is 1. The predicted octanol–water partition coefficient (Wildman–Crippen LogP) is 3.47. The molecule has 5 heteroatoms. The highest BCUT2D eigenvalue weighted by molar-refractivity contribution is 9.10. The van der Waals surface area contributed by atoms with Gasteiger partial charge in [0.2, 0.25) is 0 Å². The molecule has 2 rings (SSSR count). The molecular formula is C14H17Br2NO2. The van der Waals surface area contributed by atoms with Crippen LogP contribution in [0.4, 0.5) is 0 Å². The number of ether oxygens (including phenoxy) is 1. The predicted molar refractivity (Wildman–Crippen MR) is 82.8 cm³/mol. The molecule has 0 spiro atoms. The Labute approximate surface area is 130 Å². The molecular weight excluding hydrogens is 374 g/mol. The first-order valence-corrected chi connectivity index (χ1v) is 8.34. The van der Waals surface area contributed by atoms with E-state index < -0.39 is 0 Å². The van der Waals surface area contributed by atoms with Crippen molar-refractivity contribution in [2.75, 3.05) is 25.0 Å². The first-order valence-electron chi connectivity index (χ1n) is 6.43. The molecule has 0 unspecified atom stereocenters. The molecule has 3 nitrogen and oxygen atoms in total. The van der Waals surface area contributed by atoms with Crippen molar-refractivity contribution in [3.63, 3.8) is 0 Å². The summed E-state index contributed by atoms with van der Waals surface area (Å²) < 4.78 is 6.68. The van der Waals surface area contributed by atoms with Crippen LogP contribution in [0.1, 0.15) is 23.2 Å².